The third-order valence-corrected chi connectivity index (χ3v) is 10.4. The van der Waals surface area contributed by atoms with E-state index in [2.05, 4.69) is 155 Å². The second-order valence-electron chi connectivity index (χ2n) is 12.4. The Bertz CT molecular complexity index is 1670. The van der Waals surface area contributed by atoms with Crippen LogP contribution in [0.2, 0.25) is 0 Å². The van der Waals surface area contributed by atoms with E-state index < -0.39 is 12.7 Å². The highest BCUT2D eigenvalue weighted by Crippen LogP contribution is 2.49. The SMILES string of the molecule is CC[N+](CC)(CC)CC.OB(O)OCCCC(c1cccc2ccccc12)(c1cccc2ccccc12)c1cccc2ccccc12. The van der Waals surface area contributed by atoms with Gasteiger partial charge < -0.3 is 19.2 Å². The van der Waals surface area contributed by atoms with E-state index in [9.17, 15) is 10.0 Å². The number of hydrogen-bond donors (Lipinski definition) is 2. The Morgan fingerprint density at radius 3 is 1.17 bits per heavy atom. The fourth-order valence-electron chi connectivity index (χ4n) is 7.50. The summed E-state index contributed by atoms with van der Waals surface area (Å²) >= 11 is 0. The molecule has 0 atom stereocenters. The van der Waals surface area contributed by atoms with Gasteiger partial charge in [0.15, 0.2) is 0 Å². The molecule has 0 saturated heterocycles. The van der Waals surface area contributed by atoms with Gasteiger partial charge >= 0.3 is 7.32 Å². The summed E-state index contributed by atoms with van der Waals surface area (Å²) in [5.74, 6) is 0. The maximum absolute atomic E-state index is 9.39. The smallest absolute Gasteiger partial charge is 0.402 e. The van der Waals surface area contributed by atoms with E-state index in [1.54, 1.807) is 0 Å². The van der Waals surface area contributed by atoms with Crippen LogP contribution in [-0.2, 0) is 10.1 Å². The molecule has 0 aliphatic heterocycles. The number of nitrogens with zero attached hydrogens (tertiary/aromatic N) is 1. The third-order valence-electron chi connectivity index (χ3n) is 10.4. The van der Waals surface area contributed by atoms with Gasteiger partial charge in [-0.2, -0.15) is 0 Å². The largest absolute Gasteiger partial charge is 0.633 e. The number of benzene rings is 6. The highest BCUT2D eigenvalue weighted by molar-refractivity contribution is 6.32. The molecule has 0 spiro atoms. The first-order valence-corrected chi connectivity index (χ1v) is 17.2. The molecule has 242 valence electrons. The van der Waals surface area contributed by atoms with Crippen molar-refractivity contribution in [3.05, 3.63) is 144 Å². The molecule has 0 heterocycles. The van der Waals surface area contributed by atoms with Gasteiger partial charge in [-0.3, -0.25) is 0 Å². The zero-order valence-corrected chi connectivity index (χ0v) is 28.4. The minimum absolute atomic E-state index is 0.236. The molecule has 0 amide bonds. The Hall–Kier alpha value is -4.00. The van der Waals surface area contributed by atoms with Crippen LogP contribution in [0.25, 0.3) is 32.3 Å². The van der Waals surface area contributed by atoms with Crippen LogP contribution in [0.5, 0.6) is 0 Å². The first kappa shape index (κ1) is 34.3. The lowest BCUT2D eigenvalue weighted by Gasteiger charge is -2.39. The lowest BCUT2D eigenvalue weighted by Crippen LogP contribution is -2.47. The summed E-state index contributed by atoms with van der Waals surface area (Å²) in [6.07, 6.45) is 1.35. The van der Waals surface area contributed by atoms with E-state index >= 15 is 0 Å². The molecule has 0 saturated carbocycles. The molecule has 0 aliphatic rings. The number of rotatable bonds is 12. The Morgan fingerprint density at radius 1 is 0.511 bits per heavy atom. The van der Waals surface area contributed by atoms with Crippen molar-refractivity contribution in [2.45, 2.75) is 46.0 Å². The lowest BCUT2D eigenvalue weighted by molar-refractivity contribution is -0.921. The molecule has 0 aromatic heterocycles. The topological polar surface area (TPSA) is 49.7 Å². The Morgan fingerprint density at radius 2 is 0.851 bits per heavy atom. The van der Waals surface area contributed by atoms with Crippen molar-refractivity contribution in [1.82, 2.24) is 0 Å². The Balaban J connectivity index is 0.000000424. The highest BCUT2D eigenvalue weighted by Gasteiger charge is 2.39. The molecule has 0 bridgehead atoms. The van der Waals surface area contributed by atoms with E-state index in [0.717, 1.165) is 6.42 Å². The first-order valence-electron chi connectivity index (χ1n) is 17.2. The zero-order valence-electron chi connectivity index (χ0n) is 28.4. The van der Waals surface area contributed by atoms with Gasteiger partial charge in [-0.25, -0.2) is 0 Å². The van der Waals surface area contributed by atoms with Crippen LogP contribution in [-0.4, -0.2) is 54.6 Å². The normalized spacial score (nSPS) is 11.9. The summed E-state index contributed by atoms with van der Waals surface area (Å²) < 4.78 is 6.50. The summed E-state index contributed by atoms with van der Waals surface area (Å²) in [6, 6.07) is 45.4. The number of quaternary nitrogens is 1. The van der Waals surface area contributed by atoms with Gasteiger partial charge in [0, 0.05) is 12.0 Å². The van der Waals surface area contributed by atoms with Crippen molar-refractivity contribution in [2.75, 3.05) is 32.8 Å². The van der Waals surface area contributed by atoms with Gasteiger partial charge in [-0.1, -0.05) is 127 Å². The minimum atomic E-state index is -1.78. The van der Waals surface area contributed by atoms with Crippen molar-refractivity contribution in [3.63, 3.8) is 0 Å². The molecule has 0 radical (unpaired) electrons. The second kappa shape index (κ2) is 15.7. The third kappa shape index (κ3) is 7.14. The van der Waals surface area contributed by atoms with Crippen molar-refractivity contribution >= 4 is 39.6 Å². The summed E-state index contributed by atoms with van der Waals surface area (Å²) in [4.78, 5) is 0. The average Bonchev–Trinajstić information content (AvgIpc) is 3.13. The van der Waals surface area contributed by atoms with E-state index in [4.69, 9.17) is 4.65 Å². The van der Waals surface area contributed by atoms with Crippen LogP contribution in [0.4, 0.5) is 0 Å². The first-order chi connectivity index (χ1) is 22.9. The number of fused-ring (bicyclic) bond motifs is 3. The molecule has 47 heavy (non-hydrogen) atoms. The average molecular weight is 627 g/mol. The molecule has 0 aliphatic carbocycles. The zero-order chi connectivity index (χ0) is 33.3. The van der Waals surface area contributed by atoms with Gasteiger partial charge in [0.1, 0.15) is 0 Å². The van der Waals surface area contributed by atoms with E-state index in [-0.39, 0.29) is 6.61 Å². The summed E-state index contributed by atoms with van der Waals surface area (Å²) in [6.45, 7) is 14.5. The van der Waals surface area contributed by atoms with Crippen LogP contribution in [0.15, 0.2) is 127 Å². The molecule has 6 aromatic rings. The van der Waals surface area contributed by atoms with Gasteiger partial charge in [-0.15, -0.1) is 0 Å². The molecule has 0 unspecified atom stereocenters. The molecule has 6 aromatic carbocycles. The van der Waals surface area contributed by atoms with Gasteiger partial charge in [0.05, 0.1) is 26.2 Å². The van der Waals surface area contributed by atoms with Crippen LogP contribution < -0.4 is 0 Å². The summed E-state index contributed by atoms with van der Waals surface area (Å²) in [5, 5.41) is 26.0. The predicted octanol–water partition coefficient (Wildman–Crippen LogP) is 9.13. The van der Waals surface area contributed by atoms with Crippen LogP contribution >= 0.6 is 0 Å². The van der Waals surface area contributed by atoms with Crippen molar-refractivity contribution in [3.8, 4) is 0 Å². The monoisotopic (exact) mass is 626 g/mol. The van der Waals surface area contributed by atoms with E-state index in [0.29, 0.717) is 6.42 Å². The maximum atomic E-state index is 9.39. The fraction of sp³-hybridized carbons (Fsp3) is 0.286. The standard InChI is InChI=1S/C34H29BO3.C8H20N/c36-35(37)38-24-10-23-34(31-20-7-14-25-11-1-4-17-28(25)31,32-21-8-15-26-12-2-5-18-29(26)32)33-22-9-16-27-13-3-6-19-30(27)33;1-5-9(6-2,7-3)8-4/h1-9,11-22,36-37H,10,23-24H2;5-8H2,1-4H3/q;+1. The predicted molar refractivity (Wildman–Crippen MR) is 200 cm³/mol. The summed E-state index contributed by atoms with van der Waals surface area (Å²) in [5.41, 5.74) is 3.15. The van der Waals surface area contributed by atoms with Gasteiger partial charge in [0.2, 0.25) is 0 Å². The molecule has 6 rings (SSSR count). The second-order valence-corrected chi connectivity index (χ2v) is 12.4. The molecule has 5 heteroatoms. The molecular weight excluding hydrogens is 577 g/mol. The molecular formula is C42H49BNO3+. The summed E-state index contributed by atoms with van der Waals surface area (Å²) in [7, 11) is -1.78. The highest BCUT2D eigenvalue weighted by atomic mass is 16.6. The van der Waals surface area contributed by atoms with Crippen molar-refractivity contribution in [2.24, 2.45) is 0 Å². The molecule has 4 nitrogen and oxygen atoms in total. The molecule has 0 fully saturated rings. The van der Waals surface area contributed by atoms with Crippen molar-refractivity contribution in [1.29, 1.82) is 0 Å². The quantitative estimate of drug-likeness (QED) is 0.0617. The Kier molecular flexibility index (Phi) is 11.5. The lowest BCUT2D eigenvalue weighted by atomic mass is 9.63. The number of hydrogen-bond acceptors (Lipinski definition) is 3. The fourth-order valence-corrected chi connectivity index (χ4v) is 7.50. The van der Waals surface area contributed by atoms with Crippen LogP contribution in [0, 0.1) is 0 Å². The van der Waals surface area contributed by atoms with E-state index in [1.165, 1.54) is 79.7 Å². The van der Waals surface area contributed by atoms with Crippen LogP contribution in [0.1, 0.15) is 57.2 Å². The van der Waals surface area contributed by atoms with Crippen molar-refractivity contribution < 1.29 is 19.2 Å². The van der Waals surface area contributed by atoms with Crippen LogP contribution in [0.3, 0.4) is 0 Å². The minimum Gasteiger partial charge on any atom is -0.402 e. The van der Waals surface area contributed by atoms with Gasteiger partial charge in [-0.05, 0) is 89.5 Å². The van der Waals surface area contributed by atoms with Gasteiger partial charge in [0.25, 0.3) is 0 Å². The maximum Gasteiger partial charge on any atom is 0.633 e. The van der Waals surface area contributed by atoms with E-state index in [1.807, 2.05) is 0 Å². The Labute approximate surface area is 281 Å². The molecule has 2 N–H and O–H groups in total.